The van der Waals surface area contributed by atoms with Crippen LogP contribution in [-0.4, -0.2) is 18.9 Å². The van der Waals surface area contributed by atoms with Crippen LogP contribution in [-0.2, 0) is 11.2 Å². The Labute approximate surface area is 109 Å². The van der Waals surface area contributed by atoms with Crippen LogP contribution in [0.4, 0.5) is 0 Å². The van der Waals surface area contributed by atoms with Crippen molar-refractivity contribution in [2.75, 3.05) is 0 Å². The van der Waals surface area contributed by atoms with E-state index in [0.717, 1.165) is 40.8 Å². The van der Waals surface area contributed by atoms with Gasteiger partial charge in [-0.1, -0.05) is 0 Å². The number of hydrogen-bond acceptors (Lipinski definition) is 3. The average Bonchev–Trinajstić information content (AvgIpc) is 2.46. The zero-order chi connectivity index (χ0) is 13.4. The van der Waals surface area contributed by atoms with Crippen LogP contribution in [0.3, 0.4) is 0 Å². The van der Waals surface area contributed by atoms with Gasteiger partial charge in [-0.2, -0.15) is 0 Å². The van der Waals surface area contributed by atoms with Gasteiger partial charge >= 0.3 is 0 Å². The number of carbonyl (C=O) groups is 3. The van der Waals surface area contributed by atoms with Gasteiger partial charge in [0.2, 0.25) is 0 Å². The standard InChI is InChI=1S/C16H10O3/c17-7-10-1-13-3-11(8-18)4-15-6-12(9-19)5-14(2-10)16(13)15/h1-5,7-9H,6H2. The van der Waals surface area contributed by atoms with Crippen molar-refractivity contribution in [3.8, 4) is 0 Å². The van der Waals surface area contributed by atoms with Gasteiger partial charge in [-0.3, -0.25) is 14.4 Å². The van der Waals surface area contributed by atoms with Gasteiger partial charge in [-0.25, -0.2) is 0 Å². The molecule has 0 heterocycles. The first-order valence-electron chi connectivity index (χ1n) is 5.92. The second kappa shape index (κ2) is 4.28. The second-order valence-electron chi connectivity index (χ2n) is 4.64. The Balaban J connectivity index is 2.43. The van der Waals surface area contributed by atoms with E-state index in [1.807, 2.05) is 0 Å². The molecule has 0 bridgehead atoms. The Kier molecular flexibility index (Phi) is 2.60. The summed E-state index contributed by atoms with van der Waals surface area (Å²) in [6, 6.07) is 7.10. The molecule has 0 saturated carbocycles. The highest BCUT2D eigenvalue weighted by molar-refractivity contribution is 6.03. The zero-order valence-corrected chi connectivity index (χ0v) is 10.1. The van der Waals surface area contributed by atoms with Gasteiger partial charge in [0.15, 0.2) is 0 Å². The normalized spacial score (nSPS) is 12.9. The molecule has 0 aromatic heterocycles. The van der Waals surface area contributed by atoms with Crippen LogP contribution >= 0.6 is 0 Å². The molecule has 0 radical (unpaired) electrons. The van der Waals surface area contributed by atoms with Crippen LogP contribution in [0.5, 0.6) is 0 Å². The summed E-state index contributed by atoms with van der Waals surface area (Å²) in [6.45, 7) is 0. The van der Waals surface area contributed by atoms with E-state index < -0.39 is 0 Å². The minimum atomic E-state index is 0.523. The molecule has 3 nitrogen and oxygen atoms in total. The Bertz CT molecular complexity index is 749. The summed E-state index contributed by atoms with van der Waals surface area (Å²) in [5, 5.41) is 1.88. The lowest BCUT2D eigenvalue weighted by Crippen LogP contribution is -2.02. The summed E-state index contributed by atoms with van der Waals surface area (Å²) in [5.74, 6) is 0. The van der Waals surface area contributed by atoms with Crippen molar-refractivity contribution < 1.29 is 14.4 Å². The maximum atomic E-state index is 11.0. The van der Waals surface area contributed by atoms with E-state index >= 15 is 0 Å². The highest BCUT2D eigenvalue weighted by Crippen LogP contribution is 2.32. The predicted octanol–water partition coefficient (Wildman–Crippen LogP) is 2.60. The summed E-state index contributed by atoms with van der Waals surface area (Å²) >= 11 is 0. The molecule has 0 aliphatic heterocycles. The second-order valence-corrected chi connectivity index (χ2v) is 4.64. The fourth-order valence-corrected chi connectivity index (χ4v) is 2.63. The van der Waals surface area contributed by atoms with Crippen molar-refractivity contribution in [1.29, 1.82) is 0 Å². The SMILES string of the molecule is O=CC1=Cc2cc(C=O)cc3cc(C=O)cc(c23)C1. The first-order chi connectivity index (χ1) is 9.25. The molecule has 3 heteroatoms. The molecule has 2 aromatic rings. The first-order valence-corrected chi connectivity index (χ1v) is 5.92. The Morgan fingerprint density at radius 3 is 2.16 bits per heavy atom. The fraction of sp³-hybridized carbons (Fsp3) is 0.0625. The molecule has 0 fully saturated rings. The molecule has 1 aliphatic rings. The first kappa shape index (κ1) is 11.5. The molecule has 19 heavy (non-hydrogen) atoms. The van der Waals surface area contributed by atoms with Crippen LogP contribution in [0, 0.1) is 0 Å². The fourth-order valence-electron chi connectivity index (χ4n) is 2.63. The van der Waals surface area contributed by atoms with E-state index in [2.05, 4.69) is 0 Å². The predicted molar refractivity (Wildman–Crippen MR) is 72.5 cm³/mol. The summed E-state index contributed by atoms with van der Waals surface area (Å²) < 4.78 is 0. The minimum absolute atomic E-state index is 0.523. The number of hydrogen-bond donors (Lipinski definition) is 0. The average molecular weight is 250 g/mol. The molecular formula is C16H10O3. The molecule has 2 aromatic carbocycles. The smallest absolute Gasteiger partial charge is 0.150 e. The topological polar surface area (TPSA) is 51.2 Å². The van der Waals surface area contributed by atoms with Crippen molar-refractivity contribution in [3.05, 3.63) is 52.1 Å². The molecule has 0 N–H and O–H groups in total. The molecule has 1 aliphatic carbocycles. The third kappa shape index (κ3) is 1.80. The highest BCUT2D eigenvalue weighted by Gasteiger charge is 2.15. The minimum Gasteiger partial charge on any atom is -0.298 e. The van der Waals surface area contributed by atoms with Crippen LogP contribution < -0.4 is 0 Å². The summed E-state index contributed by atoms with van der Waals surface area (Å²) in [4.78, 5) is 32.9. The van der Waals surface area contributed by atoms with Gasteiger partial charge in [-0.05, 0) is 57.8 Å². The monoisotopic (exact) mass is 250 g/mol. The Hall–Kier alpha value is -2.55. The van der Waals surface area contributed by atoms with Gasteiger partial charge in [0.1, 0.15) is 18.9 Å². The lowest BCUT2D eigenvalue weighted by Gasteiger charge is -2.16. The van der Waals surface area contributed by atoms with E-state index in [0.29, 0.717) is 23.1 Å². The van der Waals surface area contributed by atoms with Crippen LogP contribution in [0.1, 0.15) is 31.8 Å². The van der Waals surface area contributed by atoms with Crippen LogP contribution in [0.2, 0.25) is 0 Å². The number of benzene rings is 2. The van der Waals surface area contributed by atoms with Gasteiger partial charge in [0.05, 0.1) is 0 Å². The third-order valence-corrected chi connectivity index (χ3v) is 3.36. The van der Waals surface area contributed by atoms with E-state index in [1.165, 1.54) is 0 Å². The largest absolute Gasteiger partial charge is 0.298 e. The highest BCUT2D eigenvalue weighted by atomic mass is 16.1. The zero-order valence-electron chi connectivity index (χ0n) is 10.1. The molecule has 0 unspecified atom stereocenters. The van der Waals surface area contributed by atoms with Crippen molar-refractivity contribution in [2.24, 2.45) is 0 Å². The van der Waals surface area contributed by atoms with Gasteiger partial charge < -0.3 is 0 Å². The van der Waals surface area contributed by atoms with Crippen LogP contribution in [0.15, 0.2) is 29.8 Å². The molecule has 3 rings (SSSR count). The molecule has 0 saturated heterocycles. The quantitative estimate of drug-likeness (QED) is 0.787. The Morgan fingerprint density at radius 2 is 1.53 bits per heavy atom. The summed E-state index contributed by atoms with van der Waals surface area (Å²) in [7, 11) is 0. The van der Waals surface area contributed by atoms with Gasteiger partial charge in [-0.15, -0.1) is 0 Å². The number of rotatable bonds is 3. The van der Waals surface area contributed by atoms with E-state index in [9.17, 15) is 14.4 Å². The lowest BCUT2D eigenvalue weighted by atomic mass is 9.87. The van der Waals surface area contributed by atoms with Crippen molar-refractivity contribution in [3.63, 3.8) is 0 Å². The van der Waals surface area contributed by atoms with Crippen molar-refractivity contribution >= 4 is 35.7 Å². The lowest BCUT2D eigenvalue weighted by molar-refractivity contribution is -0.104. The summed E-state index contributed by atoms with van der Waals surface area (Å²) in [5.41, 5.74) is 3.57. The third-order valence-electron chi connectivity index (χ3n) is 3.36. The number of carbonyl (C=O) groups excluding carboxylic acids is 3. The molecule has 0 atom stereocenters. The van der Waals surface area contributed by atoms with Gasteiger partial charge in [0, 0.05) is 17.5 Å². The Morgan fingerprint density at radius 1 is 0.842 bits per heavy atom. The van der Waals surface area contributed by atoms with E-state index in [-0.39, 0.29) is 0 Å². The van der Waals surface area contributed by atoms with E-state index in [4.69, 9.17) is 0 Å². The number of allylic oxidation sites excluding steroid dienone is 1. The van der Waals surface area contributed by atoms with Crippen molar-refractivity contribution in [1.82, 2.24) is 0 Å². The van der Waals surface area contributed by atoms with Crippen molar-refractivity contribution in [2.45, 2.75) is 6.42 Å². The van der Waals surface area contributed by atoms with E-state index in [1.54, 1.807) is 30.3 Å². The maximum absolute atomic E-state index is 11.0. The van der Waals surface area contributed by atoms with Crippen LogP contribution in [0.25, 0.3) is 16.8 Å². The molecular weight excluding hydrogens is 240 g/mol. The molecule has 92 valence electrons. The molecule has 0 amide bonds. The maximum Gasteiger partial charge on any atom is 0.150 e. The summed E-state index contributed by atoms with van der Waals surface area (Å²) in [6.07, 6.45) is 4.69. The molecule has 0 spiro atoms. The van der Waals surface area contributed by atoms with Gasteiger partial charge in [0.25, 0.3) is 0 Å². The number of aldehydes is 3.